The molecule has 0 atom stereocenters. The Morgan fingerprint density at radius 1 is 0.765 bits per heavy atom. The first-order valence-corrected chi connectivity index (χ1v) is 16.3. The fourth-order valence-electron chi connectivity index (χ4n) is 4.89. The van der Waals surface area contributed by atoms with Crippen molar-refractivity contribution in [2.45, 2.75) is 6.92 Å². The van der Waals surface area contributed by atoms with Gasteiger partial charge in [-0.05, 0) is 62.5 Å². The number of rotatable bonds is 13. The number of azo groups is 2. The predicted octanol–water partition coefficient (Wildman–Crippen LogP) is 5.14. The van der Waals surface area contributed by atoms with Gasteiger partial charge in [-0.25, -0.2) is 14.8 Å². The van der Waals surface area contributed by atoms with E-state index < -0.39 is 6.09 Å². The Balaban J connectivity index is 1.13. The average molecular weight is 696 g/mol. The number of nitrogens with zero attached hydrogens (tertiary/aromatic N) is 9. The number of hydrogen-bond donors (Lipinski definition) is 4. The second-order valence-electron chi connectivity index (χ2n) is 11.5. The number of pyridine rings is 2. The predicted molar refractivity (Wildman–Crippen MR) is 194 cm³/mol. The molecule has 2 aromatic heterocycles. The number of anilines is 4. The van der Waals surface area contributed by atoms with Crippen molar-refractivity contribution in [3.63, 3.8) is 0 Å². The van der Waals surface area contributed by atoms with Crippen molar-refractivity contribution in [2.75, 3.05) is 81.9 Å². The number of amides is 1. The van der Waals surface area contributed by atoms with Gasteiger partial charge in [-0.15, -0.1) is 20.5 Å². The number of carbonyl (C=O) groups is 2. The van der Waals surface area contributed by atoms with E-state index in [0.717, 1.165) is 26.2 Å². The third-order valence-electron chi connectivity index (χ3n) is 7.79. The van der Waals surface area contributed by atoms with E-state index in [9.17, 15) is 9.59 Å². The fraction of sp³-hybridized carbons (Fsp3) is 0.294. The van der Waals surface area contributed by atoms with Crippen molar-refractivity contribution in [1.82, 2.24) is 24.7 Å². The van der Waals surface area contributed by atoms with Crippen molar-refractivity contribution < 1.29 is 19.1 Å². The molecule has 4 aromatic rings. The lowest BCUT2D eigenvalue weighted by atomic mass is 10.3. The number of aromatic nitrogens is 2. The number of nitrogens with one attached hydrogen (secondary N) is 1. The average Bonchev–Trinajstić information content (AvgIpc) is 3.11. The van der Waals surface area contributed by atoms with Crippen molar-refractivity contribution in [1.29, 1.82) is 0 Å². The van der Waals surface area contributed by atoms with Gasteiger partial charge in [0.1, 0.15) is 34.4 Å². The van der Waals surface area contributed by atoms with Crippen LogP contribution in [0, 0.1) is 0 Å². The summed E-state index contributed by atoms with van der Waals surface area (Å²) in [5.41, 5.74) is 19.1. The molecule has 0 aliphatic carbocycles. The number of carbonyl (C=O) groups excluding carboxylic acids is 2. The topological polar surface area (TPSA) is 228 Å². The molecule has 1 aliphatic rings. The molecule has 3 heterocycles. The molecule has 0 unspecified atom stereocenters. The van der Waals surface area contributed by atoms with Crippen molar-refractivity contribution in [3.05, 3.63) is 72.8 Å². The van der Waals surface area contributed by atoms with Crippen LogP contribution in [0.4, 0.5) is 50.8 Å². The Labute approximate surface area is 295 Å². The zero-order chi connectivity index (χ0) is 36.2. The van der Waals surface area contributed by atoms with Gasteiger partial charge in [0.2, 0.25) is 0 Å². The lowest BCUT2D eigenvalue weighted by molar-refractivity contribution is -0.136. The molecule has 0 saturated carbocycles. The highest BCUT2D eigenvalue weighted by molar-refractivity contribution is 5.76. The number of para-hydroxylation sites is 2. The first-order valence-electron chi connectivity index (χ1n) is 16.3. The van der Waals surface area contributed by atoms with E-state index in [1.165, 1.54) is 4.90 Å². The smallest absolute Gasteiger partial charge is 0.415 e. The third-order valence-corrected chi connectivity index (χ3v) is 7.79. The van der Waals surface area contributed by atoms with Gasteiger partial charge in [-0.1, -0.05) is 24.3 Å². The molecule has 0 bridgehead atoms. The zero-order valence-electron chi connectivity index (χ0n) is 28.5. The van der Waals surface area contributed by atoms with Crippen molar-refractivity contribution in [3.8, 4) is 11.5 Å². The van der Waals surface area contributed by atoms with E-state index in [0.29, 0.717) is 54.0 Å². The van der Waals surface area contributed by atoms with Crippen LogP contribution >= 0.6 is 0 Å². The molecular weight excluding hydrogens is 654 g/mol. The molecule has 266 valence electrons. The van der Waals surface area contributed by atoms with Gasteiger partial charge in [0, 0.05) is 45.8 Å². The van der Waals surface area contributed by atoms with Gasteiger partial charge in [0.25, 0.3) is 0 Å². The fourth-order valence-corrected chi connectivity index (χ4v) is 4.89. The summed E-state index contributed by atoms with van der Waals surface area (Å²) < 4.78 is 11.3. The summed E-state index contributed by atoms with van der Waals surface area (Å²) in [5, 5.41) is 20.0. The van der Waals surface area contributed by atoms with Gasteiger partial charge >= 0.3 is 12.1 Å². The first kappa shape index (κ1) is 36.1. The summed E-state index contributed by atoms with van der Waals surface area (Å²) >= 11 is 0. The lowest BCUT2D eigenvalue weighted by Gasteiger charge is -2.31. The van der Waals surface area contributed by atoms with Crippen LogP contribution in [0.1, 0.15) is 6.92 Å². The van der Waals surface area contributed by atoms with Crippen LogP contribution in [0.2, 0.25) is 0 Å². The van der Waals surface area contributed by atoms with Crippen LogP contribution in [0.25, 0.3) is 0 Å². The summed E-state index contributed by atoms with van der Waals surface area (Å²) in [6, 6.07) is 20.2. The summed E-state index contributed by atoms with van der Waals surface area (Å²) in [4.78, 5) is 39.8. The van der Waals surface area contributed by atoms with E-state index in [1.807, 2.05) is 6.92 Å². The second kappa shape index (κ2) is 17.5. The minimum atomic E-state index is -0.566. The Hall–Kier alpha value is -6.20. The lowest BCUT2D eigenvalue weighted by Crippen LogP contribution is -2.46. The van der Waals surface area contributed by atoms with E-state index >= 15 is 0 Å². The largest absolute Gasteiger partial charge is 0.423 e. The molecule has 17 heteroatoms. The number of piperazine rings is 1. The Morgan fingerprint density at radius 3 is 1.94 bits per heavy atom. The van der Waals surface area contributed by atoms with Crippen LogP contribution in [0.15, 0.2) is 93.3 Å². The Bertz CT molecular complexity index is 1880. The molecule has 17 nitrogen and oxygen atoms in total. The monoisotopic (exact) mass is 695 g/mol. The normalized spacial score (nSPS) is 13.8. The Morgan fingerprint density at radius 2 is 1.33 bits per heavy atom. The highest BCUT2D eigenvalue weighted by Crippen LogP contribution is 2.32. The van der Waals surface area contributed by atoms with E-state index in [2.05, 4.69) is 52.6 Å². The van der Waals surface area contributed by atoms with E-state index in [-0.39, 0.29) is 35.7 Å². The van der Waals surface area contributed by atoms with Gasteiger partial charge < -0.3 is 41.8 Å². The molecule has 1 saturated heterocycles. The maximum atomic E-state index is 13.0. The maximum absolute atomic E-state index is 13.0. The second-order valence-corrected chi connectivity index (χ2v) is 11.5. The van der Waals surface area contributed by atoms with Crippen LogP contribution in [0.3, 0.4) is 0 Å². The van der Waals surface area contributed by atoms with Crippen LogP contribution < -0.4 is 32.0 Å². The van der Waals surface area contributed by atoms with Crippen molar-refractivity contribution >= 4 is 58.1 Å². The molecule has 5 rings (SSSR count). The van der Waals surface area contributed by atoms with E-state index in [4.69, 9.17) is 26.7 Å². The SMILES string of the molecule is CCN(CCNc1ccc(N=Nc2ccccc2OC(=O)CN2CCN(C)CC2)c(N)n1)C(=O)Oc1ccccc1N=Nc1ccc(N)nc1N. The minimum absolute atomic E-state index is 0.130. The van der Waals surface area contributed by atoms with Crippen LogP contribution in [-0.4, -0.2) is 96.1 Å². The number of hydrogen-bond acceptors (Lipinski definition) is 16. The van der Waals surface area contributed by atoms with Gasteiger partial charge in [-0.3, -0.25) is 9.69 Å². The molecule has 2 aromatic carbocycles. The van der Waals surface area contributed by atoms with Crippen LogP contribution in [-0.2, 0) is 4.79 Å². The quantitative estimate of drug-likeness (QED) is 0.0810. The highest BCUT2D eigenvalue weighted by Gasteiger charge is 2.19. The zero-order valence-corrected chi connectivity index (χ0v) is 28.5. The molecule has 1 amide bonds. The number of esters is 1. The third kappa shape index (κ3) is 10.4. The van der Waals surface area contributed by atoms with Crippen LogP contribution in [0.5, 0.6) is 11.5 Å². The molecule has 0 radical (unpaired) electrons. The number of ether oxygens (including phenoxy) is 2. The summed E-state index contributed by atoms with van der Waals surface area (Å²) in [5.74, 6) is 1.19. The number of nitrogens with two attached hydrogens (primary N) is 3. The summed E-state index contributed by atoms with van der Waals surface area (Å²) in [6.45, 7) is 6.50. The van der Waals surface area contributed by atoms with Gasteiger partial charge in [0.05, 0.1) is 6.54 Å². The number of likely N-dealkylation sites (N-methyl/N-ethyl adjacent to an activating group) is 2. The van der Waals surface area contributed by atoms with E-state index in [1.54, 1.807) is 72.8 Å². The standard InChI is InChI=1S/C34H41N13O4/c1-3-47(34(49)51-28-11-7-5-9-24(28)42-43-25-12-14-29(35)39-32(25)36)17-16-38-30-15-13-26(33(37)40-30)44-41-23-8-4-6-10-27(23)50-31(48)22-46-20-18-45(2)19-21-46/h4-15H,3,16-22H2,1-2H3,(H4,35,36,39)(H3,37,38,40). The molecule has 1 aliphatic heterocycles. The minimum Gasteiger partial charge on any atom is -0.423 e. The highest BCUT2D eigenvalue weighted by atomic mass is 16.6. The molecule has 51 heavy (non-hydrogen) atoms. The van der Waals surface area contributed by atoms with Gasteiger partial charge in [0.15, 0.2) is 23.1 Å². The number of benzene rings is 2. The molecule has 1 fully saturated rings. The summed E-state index contributed by atoms with van der Waals surface area (Å²) in [7, 11) is 2.06. The maximum Gasteiger partial charge on any atom is 0.415 e. The summed E-state index contributed by atoms with van der Waals surface area (Å²) in [6.07, 6.45) is -0.566. The number of nitrogen functional groups attached to an aromatic ring is 3. The molecular formula is C34H41N13O4. The Kier molecular flexibility index (Phi) is 12.4. The van der Waals surface area contributed by atoms with Crippen molar-refractivity contribution in [2.24, 2.45) is 20.5 Å². The molecule has 7 N–H and O–H groups in total. The van der Waals surface area contributed by atoms with Gasteiger partial charge in [-0.2, -0.15) is 0 Å². The molecule has 0 spiro atoms. The first-order chi connectivity index (χ1) is 24.7.